The fourth-order valence-electron chi connectivity index (χ4n) is 1.35. The van der Waals surface area contributed by atoms with E-state index in [1.54, 1.807) is 19.1 Å². The maximum Gasteiger partial charge on any atom is 0.242 e. The first kappa shape index (κ1) is 14.9. The van der Waals surface area contributed by atoms with Crippen LogP contribution in [0.3, 0.4) is 0 Å². The molecule has 3 N–H and O–H groups in total. The molecule has 18 heavy (non-hydrogen) atoms. The Bertz CT molecular complexity index is 636. The third-order valence-electron chi connectivity index (χ3n) is 2.22. The van der Waals surface area contributed by atoms with Crippen molar-refractivity contribution in [3.63, 3.8) is 0 Å². The summed E-state index contributed by atoms with van der Waals surface area (Å²) in [6.07, 6.45) is 1.04. The predicted octanol–water partition coefficient (Wildman–Crippen LogP) is -0.0999. The SMILES string of the molecule is Cc1ccc(S(=O)(=O)NCCS(C)(=O)=O)c(N)c1. The lowest BCUT2D eigenvalue weighted by atomic mass is 10.2. The molecule has 6 nitrogen and oxygen atoms in total. The highest BCUT2D eigenvalue weighted by Crippen LogP contribution is 2.18. The minimum Gasteiger partial charge on any atom is -0.398 e. The zero-order valence-electron chi connectivity index (χ0n) is 10.2. The topological polar surface area (TPSA) is 106 Å². The summed E-state index contributed by atoms with van der Waals surface area (Å²) in [4.78, 5) is -0.0402. The Hall–Kier alpha value is -1.12. The third-order valence-corrected chi connectivity index (χ3v) is 4.70. The highest BCUT2D eigenvalue weighted by Gasteiger charge is 2.17. The number of sulfone groups is 1. The lowest BCUT2D eigenvalue weighted by Gasteiger charge is -2.09. The number of rotatable bonds is 5. The van der Waals surface area contributed by atoms with Crippen LogP contribution in [-0.4, -0.2) is 35.4 Å². The molecular weight excluding hydrogens is 276 g/mol. The van der Waals surface area contributed by atoms with Crippen LogP contribution in [-0.2, 0) is 19.9 Å². The normalized spacial score (nSPS) is 12.6. The van der Waals surface area contributed by atoms with Gasteiger partial charge in [0.25, 0.3) is 0 Å². The number of nitrogen functional groups attached to an aromatic ring is 1. The minimum absolute atomic E-state index is 0.0402. The Balaban J connectivity index is 2.87. The second-order valence-corrected chi connectivity index (χ2v) is 8.06. The van der Waals surface area contributed by atoms with Crippen LogP contribution in [0.15, 0.2) is 23.1 Å². The summed E-state index contributed by atoms with van der Waals surface area (Å²) in [6.45, 7) is 1.62. The van der Waals surface area contributed by atoms with Gasteiger partial charge in [0.05, 0.1) is 11.4 Å². The molecule has 0 aliphatic rings. The molecule has 0 amide bonds. The van der Waals surface area contributed by atoms with E-state index in [4.69, 9.17) is 5.73 Å². The molecule has 0 aliphatic carbocycles. The first-order chi connectivity index (χ1) is 8.12. The van der Waals surface area contributed by atoms with Crippen molar-refractivity contribution in [2.24, 2.45) is 0 Å². The quantitative estimate of drug-likeness (QED) is 0.737. The van der Waals surface area contributed by atoms with E-state index in [0.717, 1.165) is 11.8 Å². The molecular formula is C10H16N2O4S2. The van der Waals surface area contributed by atoms with Crippen LogP contribution in [0.5, 0.6) is 0 Å². The molecule has 0 saturated heterocycles. The van der Waals surface area contributed by atoms with E-state index >= 15 is 0 Å². The van der Waals surface area contributed by atoms with Crippen molar-refractivity contribution in [3.8, 4) is 0 Å². The van der Waals surface area contributed by atoms with Crippen LogP contribution >= 0.6 is 0 Å². The smallest absolute Gasteiger partial charge is 0.242 e. The molecule has 0 atom stereocenters. The summed E-state index contributed by atoms with van der Waals surface area (Å²) in [5.41, 5.74) is 6.62. The number of hydrogen-bond acceptors (Lipinski definition) is 5. The van der Waals surface area contributed by atoms with Crippen LogP contribution in [0.25, 0.3) is 0 Å². The van der Waals surface area contributed by atoms with E-state index < -0.39 is 19.9 Å². The van der Waals surface area contributed by atoms with Gasteiger partial charge in [-0.05, 0) is 24.6 Å². The van der Waals surface area contributed by atoms with Gasteiger partial charge in [-0.2, -0.15) is 0 Å². The molecule has 1 aromatic carbocycles. The van der Waals surface area contributed by atoms with Crippen molar-refractivity contribution in [2.45, 2.75) is 11.8 Å². The van der Waals surface area contributed by atoms with E-state index in [2.05, 4.69) is 4.72 Å². The van der Waals surface area contributed by atoms with Gasteiger partial charge in [0, 0.05) is 12.8 Å². The second kappa shape index (κ2) is 5.25. The van der Waals surface area contributed by atoms with Gasteiger partial charge >= 0.3 is 0 Å². The van der Waals surface area contributed by atoms with Crippen LogP contribution in [0.2, 0.25) is 0 Å². The Morgan fingerprint density at radius 1 is 1.22 bits per heavy atom. The van der Waals surface area contributed by atoms with Crippen LogP contribution < -0.4 is 10.5 Å². The first-order valence-electron chi connectivity index (χ1n) is 5.15. The molecule has 0 unspecified atom stereocenters. The van der Waals surface area contributed by atoms with Gasteiger partial charge in [0.15, 0.2) is 0 Å². The standard InChI is InChI=1S/C10H16N2O4S2/c1-8-3-4-10(9(11)7-8)18(15,16)12-5-6-17(2,13)14/h3-4,7,12H,5-6,11H2,1-2H3. The molecule has 0 saturated carbocycles. The van der Waals surface area contributed by atoms with E-state index in [1.807, 2.05) is 0 Å². The Labute approximate surface area is 107 Å². The predicted molar refractivity (Wildman–Crippen MR) is 70.5 cm³/mol. The van der Waals surface area contributed by atoms with E-state index in [0.29, 0.717) is 0 Å². The van der Waals surface area contributed by atoms with Gasteiger partial charge in [-0.15, -0.1) is 0 Å². The number of hydrogen-bond donors (Lipinski definition) is 2. The molecule has 0 spiro atoms. The summed E-state index contributed by atoms with van der Waals surface area (Å²) in [6, 6.07) is 4.57. The van der Waals surface area contributed by atoms with E-state index in [9.17, 15) is 16.8 Å². The van der Waals surface area contributed by atoms with Crippen LogP contribution in [0.4, 0.5) is 5.69 Å². The molecule has 1 aromatic rings. The van der Waals surface area contributed by atoms with Crippen molar-refractivity contribution >= 4 is 25.5 Å². The summed E-state index contributed by atoms with van der Waals surface area (Å²) in [7, 11) is -6.97. The van der Waals surface area contributed by atoms with Gasteiger partial charge in [-0.1, -0.05) is 6.07 Å². The molecule has 0 aliphatic heterocycles. The molecule has 8 heteroatoms. The minimum atomic E-state index is -3.77. The van der Waals surface area contributed by atoms with E-state index in [1.165, 1.54) is 6.07 Å². The fraction of sp³-hybridized carbons (Fsp3) is 0.400. The number of anilines is 1. The monoisotopic (exact) mass is 292 g/mol. The number of nitrogens with two attached hydrogens (primary N) is 1. The number of nitrogens with one attached hydrogen (secondary N) is 1. The van der Waals surface area contributed by atoms with Gasteiger partial charge in [-0.3, -0.25) is 0 Å². The molecule has 0 aromatic heterocycles. The van der Waals surface area contributed by atoms with Crippen molar-refractivity contribution in [3.05, 3.63) is 23.8 Å². The number of sulfonamides is 1. The average Bonchev–Trinajstić information content (AvgIpc) is 2.13. The van der Waals surface area contributed by atoms with Crippen molar-refractivity contribution in [1.82, 2.24) is 4.72 Å². The summed E-state index contributed by atoms with van der Waals surface area (Å²) < 4.78 is 47.7. The van der Waals surface area contributed by atoms with Gasteiger partial charge in [-0.25, -0.2) is 21.6 Å². The lowest BCUT2D eigenvalue weighted by Crippen LogP contribution is -2.29. The maximum absolute atomic E-state index is 11.9. The Morgan fingerprint density at radius 2 is 1.83 bits per heavy atom. The van der Waals surface area contributed by atoms with Gasteiger partial charge < -0.3 is 5.73 Å². The Kier molecular flexibility index (Phi) is 4.36. The molecule has 0 heterocycles. The van der Waals surface area contributed by atoms with Crippen molar-refractivity contribution < 1.29 is 16.8 Å². The van der Waals surface area contributed by atoms with Gasteiger partial charge in [0.1, 0.15) is 14.7 Å². The zero-order valence-corrected chi connectivity index (χ0v) is 11.8. The summed E-state index contributed by atoms with van der Waals surface area (Å²) in [5.74, 6) is -0.252. The first-order valence-corrected chi connectivity index (χ1v) is 8.70. The molecule has 0 fully saturated rings. The van der Waals surface area contributed by atoms with Crippen LogP contribution in [0, 0.1) is 6.92 Å². The summed E-state index contributed by atoms with van der Waals surface area (Å²) in [5, 5.41) is 0. The maximum atomic E-state index is 11.9. The molecule has 0 bridgehead atoms. The van der Waals surface area contributed by atoms with E-state index in [-0.39, 0.29) is 22.9 Å². The molecule has 102 valence electrons. The highest BCUT2D eigenvalue weighted by molar-refractivity contribution is 7.91. The highest BCUT2D eigenvalue weighted by atomic mass is 32.2. The summed E-state index contributed by atoms with van der Waals surface area (Å²) >= 11 is 0. The lowest BCUT2D eigenvalue weighted by molar-refractivity contribution is 0.582. The molecule has 0 radical (unpaired) electrons. The number of aryl methyl sites for hydroxylation is 1. The number of benzene rings is 1. The second-order valence-electron chi connectivity index (χ2n) is 4.07. The third kappa shape index (κ3) is 4.28. The van der Waals surface area contributed by atoms with Crippen molar-refractivity contribution in [1.29, 1.82) is 0 Å². The fourth-order valence-corrected chi connectivity index (χ4v) is 3.10. The van der Waals surface area contributed by atoms with Crippen molar-refractivity contribution in [2.75, 3.05) is 24.3 Å². The van der Waals surface area contributed by atoms with Crippen LogP contribution in [0.1, 0.15) is 5.56 Å². The zero-order chi connectivity index (χ0) is 14.0. The average molecular weight is 292 g/mol. The Morgan fingerprint density at radius 3 is 2.33 bits per heavy atom. The largest absolute Gasteiger partial charge is 0.398 e. The van der Waals surface area contributed by atoms with Gasteiger partial charge in [0.2, 0.25) is 10.0 Å². The molecule has 1 rings (SSSR count).